The molecule has 23 heavy (non-hydrogen) atoms. The Morgan fingerprint density at radius 1 is 1.17 bits per heavy atom. The van der Waals surface area contributed by atoms with Crippen molar-refractivity contribution in [3.8, 4) is 0 Å². The number of aliphatic imine (C=N–C) groups is 1. The predicted molar refractivity (Wildman–Crippen MR) is 94.9 cm³/mol. The second-order valence-electron chi connectivity index (χ2n) is 7.09. The highest BCUT2D eigenvalue weighted by molar-refractivity contribution is 5.80. The first-order chi connectivity index (χ1) is 11.3. The maximum absolute atomic E-state index is 5.57. The molecule has 0 amide bonds. The van der Waals surface area contributed by atoms with Crippen LogP contribution >= 0.6 is 0 Å². The van der Waals surface area contributed by atoms with Crippen LogP contribution in [0.1, 0.15) is 44.9 Å². The van der Waals surface area contributed by atoms with E-state index >= 15 is 0 Å². The zero-order chi connectivity index (χ0) is 16.0. The average Bonchev–Trinajstić information content (AvgIpc) is 3.13. The first-order valence-electron chi connectivity index (χ1n) is 9.27. The van der Waals surface area contributed by atoms with Gasteiger partial charge in [-0.2, -0.15) is 0 Å². The van der Waals surface area contributed by atoms with E-state index in [9.17, 15) is 0 Å². The van der Waals surface area contributed by atoms with Crippen molar-refractivity contribution in [1.82, 2.24) is 15.5 Å². The summed E-state index contributed by atoms with van der Waals surface area (Å²) in [6, 6.07) is 0.506. The van der Waals surface area contributed by atoms with E-state index in [4.69, 9.17) is 4.74 Å². The van der Waals surface area contributed by atoms with Crippen molar-refractivity contribution in [2.75, 3.05) is 39.9 Å². The molecule has 0 spiro atoms. The van der Waals surface area contributed by atoms with Gasteiger partial charge in [-0.25, -0.2) is 0 Å². The minimum absolute atomic E-state index is 0.285. The second kappa shape index (κ2) is 8.15. The molecule has 2 fully saturated rings. The molecule has 0 aromatic carbocycles. The lowest BCUT2D eigenvalue weighted by Crippen LogP contribution is -2.60. The van der Waals surface area contributed by atoms with E-state index in [1.54, 1.807) is 0 Å². The normalized spacial score (nSPS) is 26.4. The standard InChI is InChI=1S/C18H32N4O/c1-19-17(21-16-7-3-4-8-16)20-15-18(9-5-2-6-10-18)22-11-13-23-14-12-22/h3-4,16H,2,5-15H2,1H3,(H2,19,20,21). The van der Waals surface area contributed by atoms with Crippen LogP contribution in [0.4, 0.5) is 0 Å². The lowest BCUT2D eigenvalue weighted by atomic mass is 9.80. The molecule has 2 N–H and O–H groups in total. The summed E-state index contributed by atoms with van der Waals surface area (Å²) in [4.78, 5) is 7.11. The Bertz CT molecular complexity index is 415. The fourth-order valence-corrected chi connectivity index (χ4v) is 4.22. The maximum atomic E-state index is 5.57. The molecule has 0 unspecified atom stereocenters. The average molecular weight is 320 g/mol. The predicted octanol–water partition coefficient (Wildman–Crippen LogP) is 1.91. The third kappa shape index (κ3) is 4.27. The summed E-state index contributed by atoms with van der Waals surface area (Å²) in [7, 11) is 1.87. The monoisotopic (exact) mass is 320 g/mol. The van der Waals surface area contributed by atoms with Crippen LogP contribution in [0.25, 0.3) is 0 Å². The summed E-state index contributed by atoms with van der Waals surface area (Å²) in [6.45, 7) is 4.89. The number of ether oxygens (including phenoxy) is 1. The van der Waals surface area contributed by atoms with Gasteiger partial charge >= 0.3 is 0 Å². The van der Waals surface area contributed by atoms with Crippen molar-refractivity contribution in [2.45, 2.75) is 56.5 Å². The van der Waals surface area contributed by atoms with E-state index in [0.29, 0.717) is 6.04 Å². The molecule has 3 aliphatic rings. The Hall–Kier alpha value is -1.07. The molecule has 1 aliphatic heterocycles. The van der Waals surface area contributed by atoms with Crippen LogP contribution in [0, 0.1) is 0 Å². The quantitative estimate of drug-likeness (QED) is 0.472. The molecule has 130 valence electrons. The molecule has 3 rings (SSSR count). The van der Waals surface area contributed by atoms with Gasteiger partial charge in [-0.3, -0.25) is 9.89 Å². The molecule has 0 atom stereocenters. The van der Waals surface area contributed by atoms with E-state index in [2.05, 4.69) is 32.7 Å². The van der Waals surface area contributed by atoms with Gasteiger partial charge in [-0.15, -0.1) is 0 Å². The van der Waals surface area contributed by atoms with E-state index in [-0.39, 0.29) is 5.54 Å². The molecule has 2 aliphatic carbocycles. The Morgan fingerprint density at radius 3 is 2.52 bits per heavy atom. The summed E-state index contributed by atoms with van der Waals surface area (Å²) in [5.74, 6) is 0.955. The van der Waals surface area contributed by atoms with Gasteiger partial charge in [0.05, 0.1) is 13.2 Å². The molecule has 1 heterocycles. The maximum Gasteiger partial charge on any atom is 0.191 e. The van der Waals surface area contributed by atoms with Gasteiger partial charge in [-0.1, -0.05) is 31.4 Å². The van der Waals surface area contributed by atoms with Crippen LogP contribution in [0.3, 0.4) is 0 Å². The lowest BCUT2D eigenvalue weighted by Gasteiger charge is -2.48. The highest BCUT2D eigenvalue weighted by Gasteiger charge is 2.38. The molecular formula is C18H32N4O. The van der Waals surface area contributed by atoms with Crippen LogP contribution in [0.2, 0.25) is 0 Å². The largest absolute Gasteiger partial charge is 0.379 e. The van der Waals surface area contributed by atoms with Gasteiger partial charge in [0.15, 0.2) is 5.96 Å². The molecular weight excluding hydrogens is 288 g/mol. The second-order valence-corrected chi connectivity index (χ2v) is 7.09. The van der Waals surface area contributed by atoms with Crippen LogP contribution in [-0.2, 0) is 4.74 Å². The van der Waals surface area contributed by atoms with Gasteiger partial charge < -0.3 is 15.4 Å². The van der Waals surface area contributed by atoms with E-state index < -0.39 is 0 Å². The van der Waals surface area contributed by atoms with Crippen LogP contribution in [0.5, 0.6) is 0 Å². The number of hydrogen-bond donors (Lipinski definition) is 2. The summed E-state index contributed by atoms with van der Waals surface area (Å²) in [5, 5.41) is 7.19. The third-order valence-corrected chi connectivity index (χ3v) is 5.62. The molecule has 5 nitrogen and oxygen atoms in total. The van der Waals surface area contributed by atoms with Crippen molar-refractivity contribution < 1.29 is 4.74 Å². The first kappa shape index (κ1) is 16.8. The zero-order valence-electron chi connectivity index (χ0n) is 14.5. The summed E-state index contributed by atoms with van der Waals surface area (Å²) >= 11 is 0. The molecule has 0 bridgehead atoms. The molecule has 0 radical (unpaired) electrons. The number of nitrogens with one attached hydrogen (secondary N) is 2. The van der Waals surface area contributed by atoms with E-state index in [1.165, 1.54) is 32.1 Å². The molecule has 0 aromatic rings. The Balaban J connectivity index is 1.58. The highest BCUT2D eigenvalue weighted by atomic mass is 16.5. The van der Waals surface area contributed by atoms with Gasteiger partial charge in [-0.05, 0) is 25.7 Å². The highest BCUT2D eigenvalue weighted by Crippen LogP contribution is 2.33. The van der Waals surface area contributed by atoms with Gasteiger partial charge in [0.2, 0.25) is 0 Å². The summed E-state index contributed by atoms with van der Waals surface area (Å²) in [5.41, 5.74) is 0.285. The number of morpholine rings is 1. The van der Waals surface area contributed by atoms with Crippen molar-refractivity contribution in [2.24, 2.45) is 4.99 Å². The van der Waals surface area contributed by atoms with Crippen LogP contribution < -0.4 is 10.6 Å². The number of nitrogens with zero attached hydrogens (tertiary/aromatic N) is 2. The van der Waals surface area contributed by atoms with E-state index in [1.807, 2.05) is 7.05 Å². The number of guanidine groups is 1. The van der Waals surface area contributed by atoms with Gasteiger partial charge in [0, 0.05) is 38.3 Å². The zero-order valence-corrected chi connectivity index (χ0v) is 14.5. The molecule has 0 aromatic heterocycles. The molecule has 5 heteroatoms. The third-order valence-electron chi connectivity index (χ3n) is 5.62. The minimum Gasteiger partial charge on any atom is -0.379 e. The van der Waals surface area contributed by atoms with E-state index in [0.717, 1.165) is 51.6 Å². The van der Waals surface area contributed by atoms with Gasteiger partial charge in [0.25, 0.3) is 0 Å². The Morgan fingerprint density at radius 2 is 1.87 bits per heavy atom. The van der Waals surface area contributed by atoms with Crippen molar-refractivity contribution >= 4 is 5.96 Å². The number of hydrogen-bond acceptors (Lipinski definition) is 3. The summed E-state index contributed by atoms with van der Waals surface area (Å²) < 4.78 is 5.57. The molecule has 1 saturated carbocycles. The smallest absolute Gasteiger partial charge is 0.191 e. The SMILES string of the molecule is CN=C(NCC1(N2CCOCC2)CCCCC1)NC1CC=CC1. The fraction of sp³-hybridized carbons (Fsp3) is 0.833. The Labute approximate surface area is 140 Å². The minimum atomic E-state index is 0.285. The molecule has 1 saturated heterocycles. The Kier molecular flexibility index (Phi) is 5.95. The van der Waals surface area contributed by atoms with Crippen molar-refractivity contribution in [3.63, 3.8) is 0 Å². The topological polar surface area (TPSA) is 48.9 Å². The summed E-state index contributed by atoms with van der Waals surface area (Å²) in [6.07, 6.45) is 13.4. The lowest BCUT2D eigenvalue weighted by molar-refractivity contribution is -0.0352. The first-order valence-corrected chi connectivity index (χ1v) is 9.27. The van der Waals surface area contributed by atoms with Crippen LogP contribution in [0.15, 0.2) is 17.1 Å². The van der Waals surface area contributed by atoms with Crippen molar-refractivity contribution in [3.05, 3.63) is 12.2 Å². The van der Waals surface area contributed by atoms with Crippen LogP contribution in [-0.4, -0.2) is 62.3 Å². The van der Waals surface area contributed by atoms with Gasteiger partial charge in [0.1, 0.15) is 0 Å². The fourth-order valence-electron chi connectivity index (χ4n) is 4.22. The van der Waals surface area contributed by atoms with Crippen molar-refractivity contribution in [1.29, 1.82) is 0 Å². The number of rotatable bonds is 4.